The molecular weight excluding hydrogens is 409 g/mol. The van der Waals surface area contributed by atoms with Gasteiger partial charge in [-0.1, -0.05) is 6.07 Å². The molecule has 1 aliphatic heterocycles. The highest BCUT2D eigenvalue weighted by Crippen LogP contribution is 2.43. The van der Waals surface area contributed by atoms with Crippen molar-refractivity contribution in [3.05, 3.63) is 95.4 Å². The maximum Gasteiger partial charge on any atom is 0.339 e. The number of allylic oxidation sites excluding steroid dienone is 1. The van der Waals surface area contributed by atoms with Gasteiger partial charge in [0.05, 0.1) is 5.92 Å². The summed E-state index contributed by atoms with van der Waals surface area (Å²) >= 11 is 0. The minimum atomic E-state index is -4.18. The molecule has 150 valence electrons. The molecule has 2 aromatic carbocycles. The van der Waals surface area contributed by atoms with E-state index >= 15 is 0 Å². The zero-order valence-corrected chi connectivity index (χ0v) is 16.1. The van der Waals surface area contributed by atoms with Crippen molar-refractivity contribution in [1.29, 1.82) is 5.26 Å². The molecule has 1 aromatic heterocycles. The largest absolute Gasteiger partial charge is 0.440 e. The summed E-state index contributed by atoms with van der Waals surface area (Å²) in [5.74, 6) is -0.886. The summed E-state index contributed by atoms with van der Waals surface area (Å²) in [5.41, 5.74) is 7.58. The number of ether oxygens (including phenoxy) is 1. The van der Waals surface area contributed by atoms with Gasteiger partial charge in [0.1, 0.15) is 33.9 Å². The van der Waals surface area contributed by atoms with Crippen LogP contribution in [0.3, 0.4) is 0 Å². The van der Waals surface area contributed by atoms with Crippen LogP contribution in [0.15, 0.2) is 83.3 Å². The molecule has 0 bridgehead atoms. The van der Waals surface area contributed by atoms with E-state index in [2.05, 4.69) is 11.1 Å². The lowest BCUT2D eigenvalue weighted by Gasteiger charge is -2.26. The molecule has 3 aromatic rings. The monoisotopic (exact) mass is 423 g/mol. The SMILES string of the molecule is N#CC1=C(N)Oc2cc(OS(=O)(=O)c3ccc(F)cc3)ccc2C1c1ccncc1. The Hall–Kier alpha value is -3.90. The fourth-order valence-electron chi connectivity index (χ4n) is 3.16. The van der Waals surface area contributed by atoms with Crippen LogP contribution in [0.5, 0.6) is 11.5 Å². The number of rotatable bonds is 4. The first-order valence-corrected chi connectivity index (χ1v) is 10.1. The summed E-state index contributed by atoms with van der Waals surface area (Å²) in [6.45, 7) is 0. The van der Waals surface area contributed by atoms with E-state index in [1.807, 2.05) is 0 Å². The van der Waals surface area contributed by atoms with Crippen LogP contribution in [0.25, 0.3) is 0 Å². The van der Waals surface area contributed by atoms with E-state index < -0.39 is 21.9 Å². The lowest BCUT2D eigenvalue weighted by molar-refractivity contribution is 0.391. The van der Waals surface area contributed by atoms with E-state index in [1.54, 1.807) is 30.6 Å². The molecule has 1 unspecified atom stereocenters. The van der Waals surface area contributed by atoms with Crippen LogP contribution < -0.4 is 14.7 Å². The lowest BCUT2D eigenvalue weighted by atomic mass is 9.84. The molecule has 0 fully saturated rings. The molecular formula is C21H14FN3O4S. The first kappa shape index (κ1) is 19.4. The molecule has 1 aliphatic rings. The second-order valence-electron chi connectivity index (χ2n) is 6.40. The lowest BCUT2D eigenvalue weighted by Crippen LogP contribution is -2.21. The van der Waals surface area contributed by atoms with Crippen LogP contribution in [0.4, 0.5) is 4.39 Å². The van der Waals surface area contributed by atoms with Crippen molar-refractivity contribution < 1.29 is 21.7 Å². The highest BCUT2D eigenvalue weighted by atomic mass is 32.2. The van der Waals surface area contributed by atoms with Gasteiger partial charge in [-0.3, -0.25) is 4.98 Å². The number of nitrogens with zero attached hydrogens (tertiary/aromatic N) is 2. The molecule has 30 heavy (non-hydrogen) atoms. The molecule has 7 nitrogen and oxygen atoms in total. The molecule has 0 aliphatic carbocycles. The average Bonchev–Trinajstić information content (AvgIpc) is 2.73. The zero-order valence-electron chi connectivity index (χ0n) is 15.3. The maximum atomic E-state index is 13.1. The molecule has 0 saturated heterocycles. The average molecular weight is 423 g/mol. The number of nitriles is 1. The topological polar surface area (TPSA) is 115 Å². The minimum Gasteiger partial charge on any atom is -0.440 e. The third-order valence-corrected chi connectivity index (χ3v) is 5.80. The Morgan fingerprint density at radius 1 is 1.10 bits per heavy atom. The highest BCUT2D eigenvalue weighted by Gasteiger charge is 2.31. The fourth-order valence-corrected chi connectivity index (χ4v) is 4.09. The van der Waals surface area contributed by atoms with Crippen LogP contribution in [0.1, 0.15) is 17.0 Å². The second kappa shape index (κ2) is 7.50. The van der Waals surface area contributed by atoms with E-state index in [-0.39, 0.29) is 27.9 Å². The second-order valence-corrected chi connectivity index (χ2v) is 7.94. The summed E-state index contributed by atoms with van der Waals surface area (Å²) in [6, 6.07) is 14.3. The third kappa shape index (κ3) is 3.56. The van der Waals surface area contributed by atoms with E-state index in [0.29, 0.717) is 5.56 Å². The van der Waals surface area contributed by atoms with Crippen molar-refractivity contribution in [2.24, 2.45) is 5.73 Å². The van der Waals surface area contributed by atoms with Gasteiger partial charge in [-0.15, -0.1) is 0 Å². The Kier molecular flexibility index (Phi) is 4.85. The van der Waals surface area contributed by atoms with E-state index in [0.717, 1.165) is 29.8 Å². The molecule has 9 heteroatoms. The maximum absolute atomic E-state index is 13.1. The summed E-state index contributed by atoms with van der Waals surface area (Å²) in [4.78, 5) is 3.79. The van der Waals surface area contributed by atoms with Crippen molar-refractivity contribution in [1.82, 2.24) is 4.98 Å². The number of aromatic nitrogens is 1. The predicted molar refractivity (Wildman–Crippen MR) is 104 cm³/mol. The van der Waals surface area contributed by atoms with Gasteiger partial charge in [-0.05, 0) is 48.0 Å². The molecule has 0 amide bonds. The number of pyridine rings is 1. The van der Waals surface area contributed by atoms with Crippen molar-refractivity contribution in [3.8, 4) is 17.6 Å². The number of halogens is 1. The summed E-state index contributed by atoms with van der Waals surface area (Å²) in [6.07, 6.45) is 3.20. The molecule has 2 heterocycles. The van der Waals surface area contributed by atoms with Gasteiger partial charge >= 0.3 is 10.1 Å². The van der Waals surface area contributed by atoms with Crippen LogP contribution in [-0.4, -0.2) is 13.4 Å². The summed E-state index contributed by atoms with van der Waals surface area (Å²) < 4.78 is 48.7. The van der Waals surface area contributed by atoms with Gasteiger partial charge in [0.25, 0.3) is 0 Å². The molecule has 2 N–H and O–H groups in total. The van der Waals surface area contributed by atoms with Gasteiger partial charge < -0.3 is 14.7 Å². The molecule has 0 radical (unpaired) electrons. The predicted octanol–water partition coefficient (Wildman–Crippen LogP) is 3.21. The van der Waals surface area contributed by atoms with Gasteiger partial charge in [0, 0.05) is 24.0 Å². The number of hydrogen-bond acceptors (Lipinski definition) is 7. The normalized spacial score (nSPS) is 15.7. The highest BCUT2D eigenvalue weighted by molar-refractivity contribution is 7.87. The van der Waals surface area contributed by atoms with Crippen molar-refractivity contribution in [3.63, 3.8) is 0 Å². The Morgan fingerprint density at radius 3 is 2.47 bits per heavy atom. The Morgan fingerprint density at radius 2 is 1.80 bits per heavy atom. The third-order valence-electron chi connectivity index (χ3n) is 4.54. The standard InChI is InChI=1S/C21H14FN3O4S/c22-14-1-4-16(5-2-14)30(26,27)29-15-3-6-17-19(11-15)28-21(24)18(12-23)20(17)13-7-9-25-10-8-13/h1-11,20H,24H2. The van der Waals surface area contributed by atoms with Crippen molar-refractivity contribution in [2.45, 2.75) is 10.8 Å². The zero-order chi connectivity index (χ0) is 21.3. The molecule has 1 atom stereocenters. The molecule has 0 saturated carbocycles. The van der Waals surface area contributed by atoms with Crippen molar-refractivity contribution >= 4 is 10.1 Å². The Bertz CT molecular complexity index is 1280. The smallest absolute Gasteiger partial charge is 0.339 e. The number of benzene rings is 2. The Balaban J connectivity index is 1.72. The first-order valence-electron chi connectivity index (χ1n) is 8.70. The number of nitrogens with two attached hydrogens (primary N) is 1. The van der Waals surface area contributed by atoms with Crippen LogP contribution in [0.2, 0.25) is 0 Å². The molecule has 4 rings (SSSR count). The Labute approximate surface area is 171 Å². The van der Waals surface area contributed by atoms with E-state index in [4.69, 9.17) is 14.7 Å². The van der Waals surface area contributed by atoms with E-state index in [9.17, 15) is 18.1 Å². The summed E-state index contributed by atoms with van der Waals surface area (Å²) in [7, 11) is -4.18. The first-order chi connectivity index (χ1) is 14.4. The summed E-state index contributed by atoms with van der Waals surface area (Å²) in [5, 5.41) is 9.56. The van der Waals surface area contributed by atoms with Gasteiger partial charge in [0.15, 0.2) is 0 Å². The van der Waals surface area contributed by atoms with Crippen LogP contribution >= 0.6 is 0 Å². The van der Waals surface area contributed by atoms with Gasteiger partial charge in [-0.2, -0.15) is 13.7 Å². The van der Waals surface area contributed by atoms with Crippen LogP contribution in [-0.2, 0) is 10.1 Å². The van der Waals surface area contributed by atoms with Crippen molar-refractivity contribution in [2.75, 3.05) is 0 Å². The van der Waals surface area contributed by atoms with Gasteiger partial charge in [0.2, 0.25) is 5.88 Å². The van der Waals surface area contributed by atoms with Gasteiger partial charge in [-0.25, -0.2) is 4.39 Å². The minimum absolute atomic E-state index is 0.0141. The van der Waals surface area contributed by atoms with Crippen LogP contribution in [0, 0.1) is 17.1 Å². The number of hydrogen-bond donors (Lipinski definition) is 1. The number of fused-ring (bicyclic) bond motifs is 1. The van der Waals surface area contributed by atoms with E-state index in [1.165, 1.54) is 12.1 Å². The molecule has 0 spiro atoms. The fraction of sp³-hybridized carbons (Fsp3) is 0.0476. The quantitative estimate of drug-likeness (QED) is 0.641.